The van der Waals surface area contributed by atoms with Crippen LogP contribution in [0.2, 0.25) is 0 Å². The first-order valence-corrected chi connectivity index (χ1v) is 13.1. The smallest absolute Gasteiger partial charge is 0.318 e. The number of rotatable bonds is 11. The van der Waals surface area contributed by atoms with Crippen LogP contribution in [0.5, 0.6) is 0 Å². The molecule has 2 fully saturated rings. The summed E-state index contributed by atoms with van der Waals surface area (Å²) in [4.78, 5) is 43.1. The third-order valence-electron chi connectivity index (χ3n) is 8.91. The highest BCUT2D eigenvalue weighted by molar-refractivity contribution is 5.95. The topological polar surface area (TPSA) is 95.7 Å². The van der Waals surface area contributed by atoms with Gasteiger partial charge in [0.05, 0.1) is 12.1 Å². The van der Waals surface area contributed by atoms with Crippen LogP contribution in [0, 0.1) is 10.8 Å². The van der Waals surface area contributed by atoms with Gasteiger partial charge >= 0.3 is 6.03 Å². The zero-order valence-electron chi connectivity index (χ0n) is 21.9. The Hall–Kier alpha value is -1.63. The van der Waals surface area contributed by atoms with E-state index in [4.69, 9.17) is 5.73 Å². The van der Waals surface area contributed by atoms with Crippen molar-refractivity contribution in [3.05, 3.63) is 0 Å². The first-order chi connectivity index (χ1) is 15.5. The average molecular weight is 465 g/mol. The molecule has 7 nitrogen and oxygen atoms in total. The molecule has 3 N–H and O–H groups in total. The predicted octanol–water partition coefficient (Wildman–Crippen LogP) is 4.09. The molecule has 2 saturated heterocycles. The van der Waals surface area contributed by atoms with E-state index in [0.717, 1.165) is 38.5 Å². The molecule has 2 aliphatic rings. The SMILES string of the molecule is CCC(C)(CC)CC(=O)N1CCCC1C(=O)C1CCCN1C(=O)NCCC(C)(CC)C(C)N. The molecule has 0 saturated carbocycles. The lowest BCUT2D eigenvalue weighted by Crippen LogP contribution is -2.52. The van der Waals surface area contributed by atoms with Crippen molar-refractivity contribution in [3.63, 3.8) is 0 Å². The highest BCUT2D eigenvalue weighted by Crippen LogP contribution is 2.33. The summed E-state index contributed by atoms with van der Waals surface area (Å²) in [6, 6.07) is -0.948. The summed E-state index contributed by atoms with van der Waals surface area (Å²) in [5.74, 6) is 0.123. The maximum atomic E-state index is 13.5. The number of hydrogen-bond donors (Lipinski definition) is 2. The summed E-state index contributed by atoms with van der Waals surface area (Å²) in [6.45, 7) is 14.5. The average Bonchev–Trinajstić information content (AvgIpc) is 3.48. The van der Waals surface area contributed by atoms with Crippen molar-refractivity contribution in [2.24, 2.45) is 16.6 Å². The normalized spacial score (nSPS) is 24.0. The van der Waals surface area contributed by atoms with E-state index in [1.807, 2.05) is 6.92 Å². The fraction of sp³-hybridized carbons (Fsp3) is 0.885. The van der Waals surface area contributed by atoms with Crippen LogP contribution >= 0.6 is 0 Å². The number of Topliss-reactive ketones (excluding diaryl/α,β-unsaturated/α-hetero) is 1. The third kappa shape index (κ3) is 6.49. The van der Waals surface area contributed by atoms with Gasteiger partial charge < -0.3 is 20.9 Å². The van der Waals surface area contributed by atoms with Gasteiger partial charge in [-0.15, -0.1) is 0 Å². The second kappa shape index (κ2) is 11.7. The van der Waals surface area contributed by atoms with Gasteiger partial charge in [-0.3, -0.25) is 9.59 Å². The summed E-state index contributed by atoms with van der Waals surface area (Å²) in [5, 5.41) is 3.02. The van der Waals surface area contributed by atoms with E-state index in [9.17, 15) is 14.4 Å². The first kappa shape index (κ1) is 27.6. The van der Waals surface area contributed by atoms with E-state index in [1.54, 1.807) is 9.80 Å². The summed E-state index contributed by atoms with van der Waals surface area (Å²) < 4.78 is 0. The largest absolute Gasteiger partial charge is 0.338 e. The Bertz CT molecular complexity index is 691. The lowest BCUT2D eigenvalue weighted by atomic mass is 9.78. The summed E-state index contributed by atoms with van der Waals surface area (Å²) in [7, 11) is 0. The highest BCUT2D eigenvalue weighted by Gasteiger charge is 2.43. The van der Waals surface area contributed by atoms with Gasteiger partial charge in [-0.2, -0.15) is 0 Å². The van der Waals surface area contributed by atoms with E-state index in [0.29, 0.717) is 38.9 Å². The van der Waals surface area contributed by atoms with Gasteiger partial charge in [-0.05, 0) is 56.3 Å². The van der Waals surface area contributed by atoms with Crippen LogP contribution < -0.4 is 11.1 Å². The maximum Gasteiger partial charge on any atom is 0.318 e. The molecule has 2 heterocycles. The monoisotopic (exact) mass is 464 g/mol. The summed E-state index contributed by atoms with van der Waals surface area (Å²) in [5.41, 5.74) is 6.09. The minimum atomic E-state index is -0.432. The Morgan fingerprint density at radius 3 is 2.03 bits per heavy atom. The molecule has 0 aliphatic carbocycles. The molecule has 0 aromatic carbocycles. The molecule has 0 bridgehead atoms. The second-order valence-electron chi connectivity index (χ2n) is 11.0. The number of nitrogens with one attached hydrogen (secondary N) is 1. The summed E-state index contributed by atoms with van der Waals surface area (Å²) >= 11 is 0. The molecule has 190 valence electrons. The van der Waals surface area contributed by atoms with Crippen LogP contribution in [0.25, 0.3) is 0 Å². The van der Waals surface area contributed by atoms with Gasteiger partial charge in [-0.25, -0.2) is 4.79 Å². The molecule has 3 amide bonds. The molecule has 4 atom stereocenters. The van der Waals surface area contributed by atoms with E-state index in [1.165, 1.54) is 0 Å². The molecule has 7 heteroatoms. The molecule has 2 aliphatic heterocycles. The van der Waals surface area contributed by atoms with Crippen molar-refractivity contribution in [3.8, 4) is 0 Å². The van der Waals surface area contributed by atoms with Gasteiger partial charge in [0.15, 0.2) is 5.78 Å². The lowest BCUT2D eigenvalue weighted by molar-refractivity contribution is -0.140. The predicted molar refractivity (Wildman–Crippen MR) is 133 cm³/mol. The maximum absolute atomic E-state index is 13.5. The molecule has 0 aromatic heterocycles. The van der Waals surface area contributed by atoms with E-state index in [2.05, 4.69) is 39.9 Å². The Kier molecular flexibility index (Phi) is 9.77. The third-order valence-corrected chi connectivity index (χ3v) is 8.91. The molecule has 0 spiro atoms. The molecule has 2 rings (SSSR count). The van der Waals surface area contributed by atoms with Gasteiger partial charge in [-0.1, -0.05) is 47.5 Å². The number of carbonyl (C=O) groups excluding carboxylic acids is 3. The standard InChI is InChI=1S/C26H48N4O3/c1-7-25(5,8-2)18-22(31)29-16-10-12-20(29)23(32)21-13-11-17-30(21)24(33)28-15-14-26(6,9-3)19(4)27/h19-21H,7-18,27H2,1-6H3,(H,28,33). The first-order valence-electron chi connectivity index (χ1n) is 13.1. The Labute approximate surface area is 201 Å². The second-order valence-corrected chi connectivity index (χ2v) is 11.0. The van der Waals surface area contributed by atoms with Crippen molar-refractivity contribution >= 4 is 17.7 Å². The van der Waals surface area contributed by atoms with Crippen LogP contribution in [-0.4, -0.2) is 65.3 Å². The zero-order valence-corrected chi connectivity index (χ0v) is 21.9. The van der Waals surface area contributed by atoms with Crippen LogP contribution in [0.4, 0.5) is 4.79 Å². The fourth-order valence-electron chi connectivity index (χ4n) is 5.14. The van der Waals surface area contributed by atoms with Crippen LogP contribution in [-0.2, 0) is 9.59 Å². The molecule has 33 heavy (non-hydrogen) atoms. The number of carbonyl (C=O) groups is 3. The number of nitrogens with zero attached hydrogens (tertiary/aromatic N) is 2. The van der Waals surface area contributed by atoms with Gasteiger partial charge in [0, 0.05) is 32.1 Å². The number of hydrogen-bond acceptors (Lipinski definition) is 4. The van der Waals surface area contributed by atoms with E-state index in [-0.39, 0.29) is 34.6 Å². The van der Waals surface area contributed by atoms with Crippen LogP contribution in [0.1, 0.15) is 99.3 Å². The Morgan fingerprint density at radius 2 is 1.52 bits per heavy atom. The van der Waals surface area contributed by atoms with Crippen molar-refractivity contribution in [1.29, 1.82) is 0 Å². The number of urea groups is 1. The number of ketones is 1. The summed E-state index contributed by atoms with van der Waals surface area (Å²) in [6.07, 6.45) is 7.17. The van der Waals surface area contributed by atoms with Crippen LogP contribution in [0.15, 0.2) is 0 Å². The number of likely N-dealkylation sites (tertiary alicyclic amines) is 2. The van der Waals surface area contributed by atoms with Crippen molar-refractivity contribution in [1.82, 2.24) is 15.1 Å². The number of nitrogens with two attached hydrogens (primary N) is 1. The van der Waals surface area contributed by atoms with Gasteiger partial charge in [0.25, 0.3) is 0 Å². The quantitative estimate of drug-likeness (QED) is 0.481. The minimum Gasteiger partial charge on any atom is -0.338 e. The van der Waals surface area contributed by atoms with Gasteiger partial charge in [0.2, 0.25) is 5.91 Å². The van der Waals surface area contributed by atoms with Crippen molar-refractivity contribution in [2.45, 2.75) is 117 Å². The molecule has 0 aromatic rings. The molecular formula is C26H48N4O3. The zero-order chi connectivity index (χ0) is 24.8. The van der Waals surface area contributed by atoms with Crippen LogP contribution in [0.3, 0.4) is 0 Å². The van der Waals surface area contributed by atoms with E-state index >= 15 is 0 Å². The highest BCUT2D eigenvalue weighted by atomic mass is 16.2. The van der Waals surface area contributed by atoms with Gasteiger partial charge in [0.1, 0.15) is 0 Å². The van der Waals surface area contributed by atoms with Crippen molar-refractivity contribution in [2.75, 3.05) is 19.6 Å². The molecular weight excluding hydrogens is 416 g/mol. The Morgan fingerprint density at radius 1 is 0.970 bits per heavy atom. The fourth-order valence-corrected chi connectivity index (χ4v) is 5.14. The lowest BCUT2D eigenvalue weighted by Gasteiger charge is -2.34. The molecule has 4 unspecified atom stereocenters. The minimum absolute atomic E-state index is 0.0241. The molecule has 0 radical (unpaired) electrons. The number of amides is 3. The van der Waals surface area contributed by atoms with E-state index < -0.39 is 12.1 Å². The Balaban J connectivity index is 2.00. The van der Waals surface area contributed by atoms with Crippen molar-refractivity contribution < 1.29 is 14.4 Å².